The van der Waals surface area contributed by atoms with Crippen LogP contribution in [0.15, 0.2) is 12.3 Å². The first-order chi connectivity index (χ1) is 8.08. The molecule has 0 atom stereocenters. The minimum Gasteiger partial charge on any atom is -0.329 e. The quantitative estimate of drug-likeness (QED) is 0.835. The fraction of sp³-hybridized carbons (Fsp3) is 0.538. The Morgan fingerprint density at radius 2 is 2.24 bits per heavy atom. The van der Waals surface area contributed by atoms with Crippen molar-refractivity contribution in [1.29, 1.82) is 0 Å². The SMILES string of the molecule is Cc1cnc2c(c1)[nH]c(=S)n2CCCC(C)C. The van der Waals surface area contributed by atoms with E-state index in [-0.39, 0.29) is 0 Å². The largest absolute Gasteiger partial charge is 0.329 e. The van der Waals surface area contributed by atoms with Crippen LogP contribution in [0.3, 0.4) is 0 Å². The number of fused-ring (bicyclic) bond motifs is 1. The molecule has 2 heterocycles. The predicted molar refractivity (Wildman–Crippen MR) is 73.7 cm³/mol. The van der Waals surface area contributed by atoms with Crippen LogP contribution in [-0.2, 0) is 6.54 Å². The van der Waals surface area contributed by atoms with Crippen molar-refractivity contribution >= 4 is 23.4 Å². The van der Waals surface area contributed by atoms with Gasteiger partial charge < -0.3 is 9.55 Å². The van der Waals surface area contributed by atoms with E-state index in [1.807, 2.05) is 13.1 Å². The third kappa shape index (κ3) is 2.75. The fourth-order valence-corrected chi connectivity index (χ4v) is 2.30. The number of H-pyrrole nitrogens is 1. The zero-order valence-corrected chi connectivity index (χ0v) is 11.5. The van der Waals surface area contributed by atoms with E-state index in [1.165, 1.54) is 6.42 Å². The molecule has 4 heteroatoms. The molecule has 0 aliphatic heterocycles. The summed E-state index contributed by atoms with van der Waals surface area (Å²) in [5, 5.41) is 0. The van der Waals surface area contributed by atoms with Gasteiger partial charge in [0.25, 0.3) is 0 Å². The average Bonchev–Trinajstić information content (AvgIpc) is 2.54. The Morgan fingerprint density at radius 3 is 2.94 bits per heavy atom. The summed E-state index contributed by atoms with van der Waals surface area (Å²) in [5.74, 6) is 0.740. The molecule has 0 aliphatic rings. The summed E-state index contributed by atoms with van der Waals surface area (Å²) >= 11 is 5.34. The zero-order chi connectivity index (χ0) is 12.4. The molecule has 0 bridgehead atoms. The Kier molecular flexibility index (Phi) is 3.62. The fourth-order valence-electron chi connectivity index (χ4n) is 2.01. The summed E-state index contributed by atoms with van der Waals surface area (Å²) in [5.41, 5.74) is 3.17. The van der Waals surface area contributed by atoms with Crippen molar-refractivity contribution in [1.82, 2.24) is 14.5 Å². The third-order valence-electron chi connectivity index (χ3n) is 2.91. The van der Waals surface area contributed by atoms with Crippen molar-refractivity contribution in [2.45, 2.75) is 40.2 Å². The Balaban J connectivity index is 2.27. The van der Waals surface area contributed by atoms with Gasteiger partial charge in [0.15, 0.2) is 10.4 Å². The second-order valence-corrected chi connectivity index (χ2v) is 5.39. The highest BCUT2D eigenvalue weighted by Gasteiger charge is 2.05. The minimum absolute atomic E-state index is 0.740. The van der Waals surface area contributed by atoms with Crippen molar-refractivity contribution in [2.24, 2.45) is 5.92 Å². The first kappa shape index (κ1) is 12.3. The van der Waals surface area contributed by atoms with Gasteiger partial charge in [0.1, 0.15) is 0 Å². The number of hydrogen-bond acceptors (Lipinski definition) is 2. The van der Waals surface area contributed by atoms with Gasteiger partial charge in [-0.1, -0.05) is 13.8 Å². The van der Waals surface area contributed by atoms with Crippen LogP contribution >= 0.6 is 12.2 Å². The number of imidazole rings is 1. The van der Waals surface area contributed by atoms with E-state index >= 15 is 0 Å². The molecule has 0 radical (unpaired) electrons. The van der Waals surface area contributed by atoms with E-state index in [1.54, 1.807) is 0 Å². The van der Waals surface area contributed by atoms with Crippen LogP contribution in [0.25, 0.3) is 11.2 Å². The smallest absolute Gasteiger partial charge is 0.179 e. The highest BCUT2D eigenvalue weighted by molar-refractivity contribution is 7.71. The number of aromatic nitrogens is 3. The van der Waals surface area contributed by atoms with Gasteiger partial charge in [0.2, 0.25) is 0 Å². The zero-order valence-electron chi connectivity index (χ0n) is 10.7. The van der Waals surface area contributed by atoms with Crippen LogP contribution in [0, 0.1) is 17.6 Å². The molecule has 0 spiro atoms. The van der Waals surface area contributed by atoms with E-state index in [9.17, 15) is 0 Å². The lowest BCUT2D eigenvalue weighted by Crippen LogP contribution is -2.01. The molecule has 92 valence electrons. The normalized spacial score (nSPS) is 11.5. The predicted octanol–water partition coefficient (Wildman–Crippen LogP) is 3.84. The van der Waals surface area contributed by atoms with Crippen LogP contribution in [0.5, 0.6) is 0 Å². The number of aryl methyl sites for hydroxylation is 2. The Morgan fingerprint density at radius 1 is 1.47 bits per heavy atom. The average molecular weight is 249 g/mol. The minimum atomic E-state index is 0.740. The molecule has 0 saturated heterocycles. The monoisotopic (exact) mass is 249 g/mol. The standard InChI is InChI=1S/C13H19N3S/c1-9(2)5-4-6-16-12-11(15-13(16)17)7-10(3)8-14-12/h7-9H,4-6H2,1-3H3,(H,15,17). The highest BCUT2D eigenvalue weighted by Crippen LogP contribution is 2.14. The van der Waals surface area contributed by atoms with Gasteiger partial charge >= 0.3 is 0 Å². The van der Waals surface area contributed by atoms with E-state index in [2.05, 4.69) is 34.4 Å². The summed E-state index contributed by atoms with van der Waals surface area (Å²) in [6.45, 7) is 7.48. The second kappa shape index (κ2) is 5.00. The maximum Gasteiger partial charge on any atom is 0.179 e. The first-order valence-corrected chi connectivity index (χ1v) is 6.54. The molecule has 17 heavy (non-hydrogen) atoms. The van der Waals surface area contributed by atoms with E-state index in [0.29, 0.717) is 0 Å². The Labute approximate surface area is 107 Å². The molecule has 0 aliphatic carbocycles. The molecule has 2 aromatic rings. The van der Waals surface area contributed by atoms with Crippen molar-refractivity contribution in [3.05, 3.63) is 22.6 Å². The molecule has 0 saturated carbocycles. The van der Waals surface area contributed by atoms with Gasteiger partial charge in [-0.05, 0) is 49.5 Å². The Hall–Kier alpha value is -1.16. The topological polar surface area (TPSA) is 33.6 Å². The highest BCUT2D eigenvalue weighted by atomic mass is 32.1. The van der Waals surface area contributed by atoms with Crippen molar-refractivity contribution in [2.75, 3.05) is 0 Å². The molecule has 0 unspecified atom stereocenters. The van der Waals surface area contributed by atoms with Crippen molar-refractivity contribution in [3.63, 3.8) is 0 Å². The van der Waals surface area contributed by atoms with Gasteiger partial charge in [0.05, 0.1) is 5.52 Å². The lowest BCUT2D eigenvalue weighted by Gasteiger charge is -2.06. The molecule has 0 amide bonds. The molecule has 2 rings (SSSR count). The molecule has 0 fully saturated rings. The molecule has 3 nitrogen and oxygen atoms in total. The summed E-state index contributed by atoms with van der Waals surface area (Å²) in [7, 11) is 0. The van der Waals surface area contributed by atoms with Crippen LogP contribution in [-0.4, -0.2) is 14.5 Å². The number of nitrogens with zero attached hydrogens (tertiary/aromatic N) is 2. The maximum absolute atomic E-state index is 5.34. The number of aromatic amines is 1. The molecular weight excluding hydrogens is 230 g/mol. The van der Waals surface area contributed by atoms with Gasteiger partial charge in [-0.25, -0.2) is 4.98 Å². The van der Waals surface area contributed by atoms with Crippen molar-refractivity contribution < 1.29 is 0 Å². The lowest BCUT2D eigenvalue weighted by molar-refractivity contribution is 0.513. The van der Waals surface area contributed by atoms with Crippen LogP contribution in [0.4, 0.5) is 0 Å². The van der Waals surface area contributed by atoms with E-state index in [4.69, 9.17) is 12.2 Å². The van der Waals surface area contributed by atoms with Crippen LogP contribution in [0.1, 0.15) is 32.3 Å². The summed E-state index contributed by atoms with van der Waals surface area (Å²) in [6, 6.07) is 2.09. The summed E-state index contributed by atoms with van der Waals surface area (Å²) in [4.78, 5) is 7.69. The Bertz CT molecular complexity index is 566. The first-order valence-electron chi connectivity index (χ1n) is 6.13. The second-order valence-electron chi connectivity index (χ2n) is 5.00. The van der Waals surface area contributed by atoms with E-state index < -0.39 is 0 Å². The number of hydrogen-bond donors (Lipinski definition) is 1. The molecule has 0 aromatic carbocycles. The number of rotatable bonds is 4. The van der Waals surface area contributed by atoms with Crippen molar-refractivity contribution in [3.8, 4) is 0 Å². The van der Waals surface area contributed by atoms with Gasteiger partial charge in [-0.15, -0.1) is 0 Å². The lowest BCUT2D eigenvalue weighted by atomic mass is 10.1. The number of nitrogens with one attached hydrogen (secondary N) is 1. The maximum atomic E-state index is 5.34. The number of pyridine rings is 1. The van der Waals surface area contributed by atoms with Gasteiger partial charge in [-0.2, -0.15) is 0 Å². The van der Waals surface area contributed by atoms with Gasteiger partial charge in [0, 0.05) is 12.7 Å². The van der Waals surface area contributed by atoms with E-state index in [0.717, 1.165) is 40.4 Å². The van der Waals surface area contributed by atoms with Crippen LogP contribution < -0.4 is 0 Å². The molecule has 2 aromatic heterocycles. The summed E-state index contributed by atoms with van der Waals surface area (Å²) in [6.07, 6.45) is 4.26. The summed E-state index contributed by atoms with van der Waals surface area (Å²) < 4.78 is 2.88. The van der Waals surface area contributed by atoms with Crippen LogP contribution in [0.2, 0.25) is 0 Å². The molecular formula is C13H19N3S. The molecule has 1 N–H and O–H groups in total. The van der Waals surface area contributed by atoms with Gasteiger partial charge in [-0.3, -0.25) is 0 Å². The third-order valence-corrected chi connectivity index (χ3v) is 3.23.